The minimum Gasteiger partial charge on any atom is -0.349 e. The van der Waals surface area contributed by atoms with Crippen LogP contribution in [0.5, 0.6) is 0 Å². The van der Waals surface area contributed by atoms with E-state index in [4.69, 9.17) is 71.3 Å². The van der Waals surface area contributed by atoms with Gasteiger partial charge in [-0.2, -0.15) is 20.0 Å². The Bertz CT molecular complexity index is 7250. The highest BCUT2D eigenvalue weighted by atomic mass is 35.5. The fraction of sp³-hybridized carbons (Fsp3) is 0.345. The van der Waals surface area contributed by atoms with Gasteiger partial charge in [-0.05, 0) is 215 Å². The van der Waals surface area contributed by atoms with Gasteiger partial charge in [-0.1, -0.05) is 208 Å². The number of hydrogen-bond acceptors (Lipinski definition) is 16. The first-order valence-corrected chi connectivity index (χ1v) is 51.8. The molecule has 4 aromatic heterocycles. The van der Waals surface area contributed by atoms with E-state index in [1.165, 1.54) is 48.6 Å². The Labute approximate surface area is 878 Å². The van der Waals surface area contributed by atoms with E-state index < -0.39 is 44.9 Å². The zero-order valence-corrected chi connectivity index (χ0v) is 86.9. The average molecular weight is 2080 g/mol. The molecular weight excluding hydrogens is 1960 g/mol. The maximum Gasteiger partial charge on any atom is 0.264 e. The van der Waals surface area contributed by atoms with E-state index in [1.807, 2.05) is 115 Å². The number of nitrogens with zero attached hydrogens (tertiary/aromatic N) is 16. The zero-order chi connectivity index (χ0) is 105. The van der Waals surface area contributed by atoms with Gasteiger partial charge in [0.15, 0.2) is 0 Å². The van der Waals surface area contributed by atoms with E-state index in [2.05, 4.69) is 56.0 Å². The van der Waals surface area contributed by atoms with E-state index in [1.54, 1.807) is 124 Å². The molecule has 0 radical (unpaired) electrons. The van der Waals surface area contributed by atoms with E-state index in [0.717, 1.165) is 59.9 Å². The van der Waals surface area contributed by atoms with Crippen LogP contribution >= 0.6 is 46.4 Å². The second kappa shape index (κ2) is 42.1. The molecule has 4 saturated heterocycles. The Morgan fingerprint density at radius 1 is 0.324 bits per heavy atom. The molecule has 6 fully saturated rings. The predicted octanol–water partition coefficient (Wildman–Crippen LogP) is 20.3. The Hall–Kier alpha value is -13.8. The van der Waals surface area contributed by atoms with Crippen molar-refractivity contribution in [2.75, 3.05) is 52.4 Å². The maximum atomic E-state index is 14.9. The Morgan fingerprint density at radius 2 is 0.601 bits per heavy atom. The molecule has 3 aliphatic carbocycles. The zero-order valence-electron chi connectivity index (χ0n) is 83.9. The van der Waals surface area contributed by atoms with Crippen molar-refractivity contribution < 1.29 is 55.9 Å². The summed E-state index contributed by atoms with van der Waals surface area (Å²) in [6.45, 7) is 35.9. The largest absolute Gasteiger partial charge is 0.349 e. The number of fused-ring (bicyclic) bond motifs is 9. The molecule has 2 saturated carbocycles. The minimum absolute atomic E-state index is 0.0860. The van der Waals surface area contributed by atoms with Crippen LogP contribution in [0, 0.1) is 23.3 Å². The number of carbonyl (C=O) groups is 8. The summed E-state index contributed by atoms with van der Waals surface area (Å²) in [6, 6.07) is 48.9. The van der Waals surface area contributed by atoms with Crippen molar-refractivity contribution in [1.82, 2.24) is 59.1 Å². The molecule has 10 atom stereocenters. The minimum atomic E-state index is -1.21. The molecule has 10 aromatic rings. The van der Waals surface area contributed by atoms with Gasteiger partial charge in [0, 0.05) is 145 Å². The summed E-state index contributed by atoms with van der Waals surface area (Å²) < 4.78 is 59.2. The van der Waals surface area contributed by atoms with Crippen LogP contribution < -0.4 is 0 Å². The van der Waals surface area contributed by atoms with Crippen LogP contribution in [-0.2, 0) is 66.4 Å². The van der Waals surface area contributed by atoms with Crippen LogP contribution in [0.4, 0.5) is 17.6 Å². The molecule has 10 unspecified atom stereocenters. The molecule has 8 amide bonds. The standard InChI is InChI=1S/C31H28ClFN4O2.C30H28ClFN4O2.C28H30ClFN4O2.C27H28ClFN4O2/c1-4-26(38)36-16-19(3)37(17-18(36)2)29-22-15-24(32)27(21-10-6-8-12-25(21)33)34-28(22)31(30(39)35-29)14-13-20-9-5-7-11-23(20)31;1-5-25(37)35-16-19(3)36(17-18(35)2)28-22-15-23(31)26(21-13-9-10-14-24(21)32)33-27(22)30(4,29(38)34-28)20-11-7-6-8-12-20;1-4-23(35)33-15-18(3)34(16-17(33)2)26-20-14-21(29)24(19-10-6-7-11-22(19)30)31-25(20)28(27(36)32-26)12-8-5-9-13-28;1-4-22(34)32-14-17(3)33(15-16(32)2)25-19-13-20(28)23(18-9-5-6-10-21(18)29)30-24(19)27(26(35)31-25)11-7-8-12-27/h4-12,15,18-19H,1,13-14,16-17H2,2-3H3;5-15,18-19H,1,16-17H2,2-4H3;4,6-7,10-11,14,17-18H,1,5,8-9,12-13,15-16H2,2-3H3;4-6,9-10,13,16-17H,1,7-8,11-12,14-15H2,2-3H3. The summed E-state index contributed by atoms with van der Waals surface area (Å²) in [7, 11) is 0. The number of pyridine rings is 4. The average Bonchev–Trinajstić information content (AvgIpc) is 1.05. The maximum absolute atomic E-state index is 14.9. The lowest BCUT2D eigenvalue weighted by atomic mass is 9.68. The number of halogens is 8. The monoisotopic (exact) mass is 2070 g/mol. The quantitative estimate of drug-likeness (QED) is 0.0960. The smallest absolute Gasteiger partial charge is 0.264 e. The van der Waals surface area contributed by atoms with Crippen molar-refractivity contribution in [3.63, 3.8) is 0 Å². The molecule has 6 aromatic carbocycles. The first-order chi connectivity index (χ1) is 70.9. The van der Waals surface area contributed by atoms with Gasteiger partial charge in [-0.3, -0.25) is 38.4 Å². The number of carbonyl (C=O) groups excluding carboxylic acids is 8. The molecule has 21 rings (SSSR count). The van der Waals surface area contributed by atoms with Crippen LogP contribution in [0.25, 0.3) is 45.0 Å². The second-order valence-electron chi connectivity index (χ2n) is 40.4. The molecule has 0 N–H and O–H groups in total. The third-order valence-electron chi connectivity index (χ3n) is 31.2. The van der Waals surface area contributed by atoms with Crippen LogP contribution in [0.3, 0.4) is 0 Å². The van der Waals surface area contributed by atoms with Gasteiger partial charge in [-0.15, -0.1) is 0 Å². The van der Waals surface area contributed by atoms with Crippen molar-refractivity contribution in [3.8, 4) is 45.0 Å². The Kier molecular flexibility index (Phi) is 29.6. The fourth-order valence-corrected chi connectivity index (χ4v) is 24.3. The van der Waals surface area contributed by atoms with Gasteiger partial charge in [0.1, 0.15) is 57.4 Å². The fourth-order valence-electron chi connectivity index (χ4n) is 23.3. The van der Waals surface area contributed by atoms with E-state index in [9.17, 15) is 55.9 Å². The lowest BCUT2D eigenvalue weighted by molar-refractivity contribution is -0.131. The number of aromatic nitrogens is 4. The van der Waals surface area contributed by atoms with Crippen molar-refractivity contribution in [2.45, 2.75) is 203 Å². The van der Waals surface area contributed by atoms with Gasteiger partial charge in [0.05, 0.1) is 76.5 Å². The van der Waals surface area contributed by atoms with Crippen molar-refractivity contribution >= 4 is 117 Å². The number of benzene rings is 6. The van der Waals surface area contributed by atoms with Crippen LogP contribution in [-0.4, -0.2) is 230 Å². The van der Waals surface area contributed by atoms with Crippen LogP contribution in [0.15, 0.2) is 247 Å². The molecule has 8 aliphatic heterocycles. The van der Waals surface area contributed by atoms with Gasteiger partial charge in [0.25, 0.3) is 23.6 Å². The molecule has 3 spiro atoms. The van der Waals surface area contributed by atoms with E-state index in [0.29, 0.717) is 186 Å². The van der Waals surface area contributed by atoms with E-state index >= 15 is 0 Å². The van der Waals surface area contributed by atoms with Gasteiger partial charge in [0.2, 0.25) is 23.6 Å². The number of hydrogen-bond donors (Lipinski definition) is 0. The molecule has 32 heteroatoms. The van der Waals surface area contributed by atoms with Gasteiger partial charge < -0.3 is 39.2 Å². The highest BCUT2D eigenvalue weighted by molar-refractivity contribution is 6.36. The summed E-state index contributed by atoms with van der Waals surface area (Å²) in [5.74, 6) is -1.24. The first-order valence-electron chi connectivity index (χ1n) is 50.3. The van der Waals surface area contributed by atoms with Gasteiger partial charge in [-0.25, -0.2) is 37.5 Å². The number of amidine groups is 4. The number of aliphatic imine (C=N–C) groups is 4. The lowest BCUT2D eigenvalue weighted by Crippen LogP contribution is -2.60. The van der Waals surface area contributed by atoms with E-state index in [-0.39, 0.29) is 122 Å². The van der Waals surface area contributed by atoms with Crippen LogP contribution in [0.1, 0.15) is 188 Å². The molecule has 762 valence electrons. The van der Waals surface area contributed by atoms with Crippen molar-refractivity contribution in [3.05, 3.63) is 332 Å². The normalized spacial score (nSPS) is 23.4. The number of rotatable bonds is 9. The highest BCUT2D eigenvalue weighted by Crippen LogP contribution is 2.54. The lowest BCUT2D eigenvalue weighted by Gasteiger charge is -2.47. The molecule has 11 aliphatic rings. The summed E-state index contributed by atoms with van der Waals surface area (Å²) >= 11 is 27.0. The highest BCUT2D eigenvalue weighted by Gasteiger charge is 2.57. The number of amides is 8. The van der Waals surface area contributed by atoms with Crippen LogP contribution in [0.2, 0.25) is 20.1 Å². The molecule has 148 heavy (non-hydrogen) atoms. The third kappa shape index (κ3) is 18.6. The Balaban J connectivity index is 0.000000129. The molecule has 12 heterocycles. The summed E-state index contributed by atoms with van der Waals surface area (Å²) in [6.07, 6.45) is 13.9. The summed E-state index contributed by atoms with van der Waals surface area (Å²) in [5.41, 5.74) is 6.21. The molecule has 24 nitrogen and oxygen atoms in total. The molecule has 0 bridgehead atoms. The molecular formula is C116H114Cl4F4N16O8. The van der Waals surface area contributed by atoms with Gasteiger partial charge >= 0.3 is 0 Å². The van der Waals surface area contributed by atoms with Crippen molar-refractivity contribution in [1.29, 1.82) is 0 Å². The SMILES string of the molecule is C=CC(=O)N1CC(C)N(C2=NC(=O)C(C)(c3ccccc3)c3nc(-c4ccccc4F)c(Cl)cc32)CC1C.C=CC(=O)N1CC(C)N(C2=NC(=O)C3(CCCC3)c3nc(-c4ccccc4F)c(Cl)cc32)CC1C.C=CC(=O)N1CC(C)N(C2=NC(=O)C3(CCCCC3)c3nc(-c4ccccc4F)c(Cl)cc32)CC1C.C=CC(=O)N1CC(C)N(C2=NC(=O)C3(CCc4ccccc43)c3nc(-c4ccccc4F)c(Cl)cc32)CC1C. The summed E-state index contributed by atoms with van der Waals surface area (Å²) in [4.78, 5) is 159. The summed E-state index contributed by atoms with van der Waals surface area (Å²) in [5, 5.41) is 1.16. The van der Waals surface area contributed by atoms with Crippen molar-refractivity contribution in [2.24, 2.45) is 20.0 Å². The topological polar surface area (TPSA) is 263 Å². The third-order valence-corrected chi connectivity index (χ3v) is 32.4. The second-order valence-corrected chi connectivity index (χ2v) is 42.0. The Morgan fingerprint density at radius 3 is 0.939 bits per heavy atom. The number of aryl methyl sites for hydroxylation is 1. The number of piperazine rings is 4. The first kappa shape index (κ1) is 104. The predicted molar refractivity (Wildman–Crippen MR) is 568 cm³/mol.